The largest absolute Gasteiger partial charge is 0.388 e. The molecule has 1 saturated heterocycles. The summed E-state index contributed by atoms with van der Waals surface area (Å²) in [7, 11) is 0. The Balaban J connectivity index is 1.35. The van der Waals surface area contributed by atoms with Crippen LogP contribution in [0.4, 0.5) is 0 Å². The number of nitrogens with zero attached hydrogens (tertiary/aromatic N) is 1. The maximum atomic E-state index is 5.80. The zero-order chi connectivity index (χ0) is 15.2. The van der Waals surface area contributed by atoms with E-state index in [-0.39, 0.29) is 18.3 Å². The van der Waals surface area contributed by atoms with Gasteiger partial charge >= 0.3 is 0 Å². The summed E-state index contributed by atoms with van der Waals surface area (Å²) in [6.45, 7) is 2.05. The van der Waals surface area contributed by atoms with Crippen molar-refractivity contribution in [1.82, 2.24) is 0 Å². The number of hydrogen-bond acceptors (Lipinski definition) is 5. The van der Waals surface area contributed by atoms with Crippen LogP contribution in [-0.2, 0) is 25.7 Å². The molecule has 0 N–H and O–H groups in total. The molecule has 3 atom stereocenters. The molecule has 0 bridgehead atoms. The molecule has 1 unspecified atom stereocenters. The molecule has 1 aromatic rings. The molecule has 5 heteroatoms. The first-order chi connectivity index (χ1) is 10.8. The summed E-state index contributed by atoms with van der Waals surface area (Å²) < 4.78 is 17.2. The number of oxime groups is 1. The Morgan fingerprint density at radius 3 is 2.73 bits per heavy atom. The van der Waals surface area contributed by atoms with E-state index in [1.165, 1.54) is 0 Å². The van der Waals surface area contributed by atoms with Crippen molar-refractivity contribution < 1.29 is 19.0 Å². The fourth-order valence-corrected chi connectivity index (χ4v) is 2.43. The highest BCUT2D eigenvalue weighted by Gasteiger charge is 2.34. The molecule has 1 fully saturated rings. The zero-order valence-electron chi connectivity index (χ0n) is 12.3. The number of rotatable bonds is 5. The van der Waals surface area contributed by atoms with E-state index in [1.807, 2.05) is 30.3 Å². The summed E-state index contributed by atoms with van der Waals surface area (Å²) in [6, 6.07) is 10.1. The quantitative estimate of drug-likeness (QED) is 0.778. The molecule has 2 aliphatic rings. The number of terminal acetylenes is 1. The van der Waals surface area contributed by atoms with Gasteiger partial charge in [0.1, 0.15) is 17.9 Å². The Kier molecular flexibility index (Phi) is 5.07. The second-order valence-corrected chi connectivity index (χ2v) is 5.36. The van der Waals surface area contributed by atoms with Crippen molar-refractivity contribution in [3.05, 3.63) is 35.9 Å². The zero-order valence-corrected chi connectivity index (χ0v) is 12.3. The third-order valence-corrected chi connectivity index (χ3v) is 3.68. The van der Waals surface area contributed by atoms with E-state index >= 15 is 0 Å². The molecule has 3 rings (SSSR count). The Labute approximate surface area is 130 Å². The molecule has 0 aliphatic carbocycles. The molecule has 1 aromatic carbocycles. The second-order valence-electron chi connectivity index (χ2n) is 5.36. The lowest BCUT2D eigenvalue weighted by Gasteiger charge is -2.31. The minimum atomic E-state index is -0.141. The Morgan fingerprint density at radius 2 is 2.05 bits per heavy atom. The van der Waals surface area contributed by atoms with Gasteiger partial charge < -0.3 is 19.0 Å². The minimum Gasteiger partial charge on any atom is -0.388 e. The van der Waals surface area contributed by atoms with Gasteiger partial charge in [-0.25, -0.2) is 0 Å². The molecular formula is C17H19NO4. The van der Waals surface area contributed by atoms with Crippen molar-refractivity contribution >= 4 is 5.71 Å². The van der Waals surface area contributed by atoms with Gasteiger partial charge in [0.15, 0.2) is 6.10 Å². The van der Waals surface area contributed by atoms with Crippen LogP contribution < -0.4 is 0 Å². The molecule has 2 aliphatic heterocycles. The fraction of sp³-hybridized carbons (Fsp3) is 0.471. The van der Waals surface area contributed by atoms with Crippen molar-refractivity contribution in [2.75, 3.05) is 19.8 Å². The van der Waals surface area contributed by atoms with Crippen LogP contribution in [0.3, 0.4) is 0 Å². The van der Waals surface area contributed by atoms with Crippen LogP contribution in [0.2, 0.25) is 0 Å². The van der Waals surface area contributed by atoms with Crippen molar-refractivity contribution in [2.45, 2.75) is 31.3 Å². The topological polar surface area (TPSA) is 49.3 Å². The van der Waals surface area contributed by atoms with Crippen molar-refractivity contribution in [2.24, 2.45) is 5.16 Å². The van der Waals surface area contributed by atoms with Crippen LogP contribution >= 0.6 is 0 Å². The van der Waals surface area contributed by atoms with Gasteiger partial charge in [-0.1, -0.05) is 41.4 Å². The first kappa shape index (κ1) is 15.0. The molecule has 0 spiro atoms. The summed E-state index contributed by atoms with van der Waals surface area (Å²) in [6.07, 6.45) is 5.60. The van der Waals surface area contributed by atoms with E-state index in [9.17, 15) is 0 Å². The summed E-state index contributed by atoms with van der Waals surface area (Å²) in [5.41, 5.74) is 1.78. The van der Waals surface area contributed by atoms with Gasteiger partial charge in [-0.05, 0) is 5.56 Å². The molecule has 0 radical (unpaired) electrons. The van der Waals surface area contributed by atoms with Gasteiger partial charge in [0, 0.05) is 6.42 Å². The highest BCUT2D eigenvalue weighted by Crippen LogP contribution is 2.20. The van der Waals surface area contributed by atoms with E-state index < -0.39 is 0 Å². The average Bonchev–Trinajstić information content (AvgIpc) is 3.06. The smallest absolute Gasteiger partial charge is 0.162 e. The molecule has 0 aromatic heterocycles. The fourth-order valence-electron chi connectivity index (χ4n) is 2.43. The third-order valence-electron chi connectivity index (χ3n) is 3.68. The van der Waals surface area contributed by atoms with Gasteiger partial charge in [-0.3, -0.25) is 0 Å². The lowest BCUT2D eigenvalue weighted by Crippen LogP contribution is -2.44. The van der Waals surface area contributed by atoms with Crippen LogP contribution in [0.1, 0.15) is 12.0 Å². The first-order valence-corrected chi connectivity index (χ1v) is 7.39. The van der Waals surface area contributed by atoms with Crippen LogP contribution in [0, 0.1) is 12.3 Å². The van der Waals surface area contributed by atoms with Gasteiger partial charge in [0.2, 0.25) is 0 Å². The molecule has 2 heterocycles. The van der Waals surface area contributed by atoms with E-state index in [0.717, 1.165) is 5.56 Å². The van der Waals surface area contributed by atoms with Crippen LogP contribution in [0.5, 0.6) is 0 Å². The van der Waals surface area contributed by atoms with E-state index in [4.69, 9.17) is 25.5 Å². The van der Waals surface area contributed by atoms with E-state index in [2.05, 4.69) is 11.1 Å². The van der Waals surface area contributed by atoms with Crippen LogP contribution in [-0.4, -0.2) is 43.8 Å². The maximum absolute atomic E-state index is 5.80. The highest BCUT2D eigenvalue weighted by molar-refractivity contribution is 6.00. The van der Waals surface area contributed by atoms with Gasteiger partial charge in [-0.2, -0.15) is 0 Å². The van der Waals surface area contributed by atoms with Crippen molar-refractivity contribution in [3.8, 4) is 12.3 Å². The number of benzene rings is 1. The third kappa shape index (κ3) is 3.86. The normalized spacial score (nSPS) is 27.8. The Morgan fingerprint density at radius 1 is 1.18 bits per heavy atom. The SMILES string of the molecule is C#CC1=NOC([C@H]2CO[C@H](COCc3ccccc3)CO2)C1. The molecule has 5 nitrogen and oxygen atoms in total. The molecule has 116 valence electrons. The van der Waals surface area contributed by atoms with Crippen molar-refractivity contribution in [1.29, 1.82) is 0 Å². The summed E-state index contributed by atoms with van der Waals surface area (Å²) >= 11 is 0. The predicted molar refractivity (Wildman–Crippen MR) is 81.3 cm³/mol. The Hall–Kier alpha value is -1.87. The molecule has 0 saturated carbocycles. The van der Waals surface area contributed by atoms with E-state index in [0.29, 0.717) is 38.6 Å². The lowest BCUT2D eigenvalue weighted by atomic mass is 10.1. The summed E-state index contributed by atoms with van der Waals surface area (Å²) in [5.74, 6) is 2.49. The maximum Gasteiger partial charge on any atom is 0.162 e. The first-order valence-electron chi connectivity index (χ1n) is 7.39. The van der Waals surface area contributed by atoms with Crippen LogP contribution in [0.25, 0.3) is 0 Å². The van der Waals surface area contributed by atoms with Crippen molar-refractivity contribution in [3.63, 3.8) is 0 Å². The second kappa shape index (κ2) is 7.41. The summed E-state index contributed by atoms with van der Waals surface area (Å²) in [5, 5.41) is 3.83. The average molecular weight is 301 g/mol. The standard InChI is InChI=1S/C17H19NO4/c1-2-14-8-16(22-18-14)17-12-20-15(11-21-17)10-19-9-13-6-4-3-5-7-13/h1,3-7,15-17H,8-12H2/t15-,16?,17-/m1/s1. The lowest BCUT2D eigenvalue weighted by molar-refractivity contribution is -0.183. The van der Waals surface area contributed by atoms with Crippen LogP contribution in [0.15, 0.2) is 35.5 Å². The molecule has 0 amide bonds. The molecular weight excluding hydrogens is 282 g/mol. The summed E-state index contributed by atoms with van der Waals surface area (Å²) in [4.78, 5) is 5.28. The van der Waals surface area contributed by atoms with E-state index in [1.54, 1.807) is 0 Å². The number of hydrogen-bond donors (Lipinski definition) is 0. The van der Waals surface area contributed by atoms with Gasteiger partial charge in [0.05, 0.1) is 26.4 Å². The minimum absolute atomic E-state index is 0.0469. The molecule has 22 heavy (non-hydrogen) atoms. The highest BCUT2D eigenvalue weighted by atomic mass is 16.7. The van der Waals surface area contributed by atoms with Gasteiger partial charge in [0.25, 0.3) is 0 Å². The predicted octanol–water partition coefficient (Wildman–Crippen LogP) is 1.77. The number of ether oxygens (including phenoxy) is 3. The van der Waals surface area contributed by atoms with Gasteiger partial charge in [-0.15, -0.1) is 6.42 Å². The monoisotopic (exact) mass is 301 g/mol. The Bertz CT molecular complexity index is 544.